The fraction of sp³-hybridized carbons (Fsp3) is 0.938. The summed E-state index contributed by atoms with van der Waals surface area (Å²) in [5.74, 6) is 0.239. The molecule has 2 N–H and O–H groups in total. The Bertz CT molecular complexity index is 286. The first-order valence-corrected chi connectivity index (χ1v) is 8.29. The lowest BCUT2D eigenvalue weighted by atomic mass is 10.1. The van der Waals surface area contributed by atoms with Crippen molar-refractivity contribution in [2.45, 2.75) is 71.0 Å². The van der Waals surface area contributed by atoms with Crippen molar-refractivity contribution >= 4 is 5.78 Å². The first kappa shape index (κ1) is 19.5. The van der Waals surface area contributed by atoms with Gasteiger partial charge in [0.05, 0.1) is 26.4 Å². The molecule has 6 heteroatoms. The molecule has 0 aromatic heterocycles. The summed E-state index contributed by atoms with van der Waals surface area (Å²) >= 11 is 0. The Morgan fingerprint density at radius 1 is 1.00 bits per heavy atom. The van der Waals surface area contributed by atoms with Crippen molar-refractivity contribution in [3.05, 3.63) is 0 Å². The van der Waals surface area contributed by atoms with Crippen molar-refractivity contribution in [1.82, 2.24) is 0 Å². The first-order chi connectivity index (χ1) is 10.6. The van der Waals surface area contributed by atoms with Crippen LogP contribution in [-0.2, 0) is 23.7 Å². The number of carbonyl (C=O) groups is 1. The molecular formula is C16H31NO5. The van der Waals surface area contributed by atoms with Gasteiger partial charge in [-0.15, -0.1) is 0 Å². The number of rotatable bonds is 8. The fourth-order valence-electron chi connectivity index (χ4n) is 2.27. The molecule has 0 radical (unpaired) electrons. The van der Waals surface area contributed by atoms with E-state index in [4.69, 9.17) is 24.7 Å². The zero-order chi connectivity index (χ0) is 16.2. The van der Waals surface area contributed by atoms with E-state index in [2.05, 4.69) is 0 Å². The van der Waals surface area contributed by atoms with E-state index >= 15 is 0 Å². The van der Waals surface area contributed by atoms with E-state index < -0.39 is 0 Å². The minimum absolute atomic E-state index is 0.0469. The second-order valence-corrected chi connectivity index (χ2v) is 5.84. The summed E-state index contributed by atoms with van der Waals surface area (Å²) in [5.41, 5.74) is 5.60. The van der Waals surface area contributed by atoms with Gasteiger partial charge in [0.2, 0.25) is 0 Å². The fourth-order valence-corrected chi connectivity index (χ4v) is 2.27. The van der Waals surface area contributed by atoms with Crippen LogP contribution < -0.4 is 5.73 Å². The van der Waals surface area contributed by atoms with E-state index in [-0.39, 0.29) is 18.4 Å². The molecule has 2 heterocycles. The summed E-state index contributed by atoms with van der Waals surface area (Å²) in [6.07, 6.45) is 5.51. The summed E-state index contributed by atoms with van der Waals surface area (Å²) in [5, 5.41) is 0. The van der Waals surface area contributed by atoms with Crippen molar-refractivity contribution in [3.63, 3.8) is 0 Å². The highest BCUT2D eigenvalue weighted by Crippen LogP contribution is 2.12. The number of carbonyl (C=O) groups excluding carboxylic acids is 1. The van der Waals surface area contributed by atoms with E-state index in [1.54, 1.807) is 6.92 Å². The summed E-state index contributed by atoms with van der Waals surface area (Å²) in [4.78, 5) is 10.5. The second kappa shape index (κ2) is 12.0. The maximum Gasteiger partial charge on any atom is 0.157 e. The van der Waals surface area contributed by atoms with Gasteiger partial charge in [0.1, 0.15) is 5.78 Å². The SMILES string of the molecule is CC(=O)CCCC1OCCO1.C[C@@H](N)CCCC1OCCO1. The molecule has 2 fully saturated rings. The molecule has 0 aromatic rings. The van der Waals surface area contributed by atoms with Crippen molar-refractivity contribution in [3.8, 4) is 0 Å². The van der Waals surface area contributed by atoms with Crippen LogP contribution >= 0.6 is 0 Å². The van der Waals surface area contributed by atoms with Gasteiger partial charge in [-0.1, -0.05) is 0 Å². The molecule has 0 bridgehead atoms. The Kier molecular flexibility index (Phi) is 10.6. The van der Waals surface area contributed by atoms with Crippen LogP contribution in [0, 0.1) is 0 Å². The molecule has 2 saturated heterocycles. The zero-order valence-electron chi connectivity index (χ0n) is 13.9. The van der Waals surface area contributed by atoms with Crippen LogP contribution in [0.1, 0.15) is 52.4 Å². The molecule has 22 heavy (non-hydrogen) atoms. The molecule has 6 nitrogen and oxygen atoms in total. The molecule has 2 rings (SSSR count). The first-order valence-electron chi connectivity index (χ1n) is 8.29. The lowest BCUT2D eigenvalue weighted by Gasteiger charge is -2.09. The molecule has 0 spiro atoms. The number of hydrogen-bond donors (Lipinski definition) is 1. The molecule has 2 aliphatic heterocycles. The van der Waals surface area contributed by atoms with Crippen LogP contribution in [0.2, 0.25) is 0 Å². The normalized spacial score (nSPS) is 20.7. The predicted molar refractivity (Wildman–Crippen MR) is 83.4 cm³/mol. The van der Waals surface area contributed by atoms with Crippen LogP contribution in [0.3, 0.4) is 0 Å². The highest BCUT2D eigenvalue weighted by atomic mass is 16.7. The molecule has 2 aliphatic rings. The van der Waals surface area contributed by atoms with Gasteiger partial charge >= 0.3 is 0 Å². The minimum atomic E-state index is -0.0469. The lowest BCUT2D eigenvalue weighted by molar-refractivity contribution is -0.117. The lowest BCUT2D eigenvalue weighted by Crippen LogP contribution is -2.16. The van der Waals surface area contributed by atoms with Crippen LogP contribution in [0.4, 0.5) is 0 Å². The van der Waals surface area contributed by atoms with Crippen LogP contribution in [-0.4, -0.2) is 50.8 Å². The monoisotopic (exact) mass is 317 g/mol. The van der Waals surface area contributed by atoms with Crippen molar-refractivity contribution in [2.24, 2.45) is 5.73 Å². The summed E-state index contributed by atoms with van der Waals surface area (Å²) in [7, 11) is 0. The third-order valence-electron chi connectivity index (χ3n) is 3.45. The predicted octanol–water partition coefficient (Wildman–Crippen LogP) is 2.00. The number of hydrogen-bond acceptors (Lipinski definition) is 6. The molecule has 130 valence electrons. The Labute approximate surface area is 133 Å². The largest absolute Gasteiger partial charge is 0.350 e. The molecular weight excluding hydrogens is 286 g/mol. The smallest absolute Gasteiger partial charge is 0.157 e. The van der Waals surface area contributed by atoms with Gasteiger partial charge in [-0.3, -0.25) is 0 Å². The molecule has 0 aromatic carbocycles. The van der Waals surface area contributed by atoms with E-state index in [0.29, 0.717) is 25.7 Å². The number of Topliss-reactive ketones (excluding diaryl/α,β-unsaturated/α-hetero) is 1. The average molecular weight is 317 g/mol. The maximum atomic E-state index is 10.5. The number of ether oxygens (including phenoxy) is 4. The van der Waals surface area contributed by atoms with Gasteiger partial charge in [-0.2, -0.15) is 0 Å². The highest BCUT2D eigenvalue weighted by molar-refractivity contribution is 5.75. The Balaban J connectivity index is 0.000000220. The van der Waals surface area contributed by atoms with Gasteiger partial charge in [-0.25, -0.2) is 0 Å². The third-order valence-corrected chi connectivity index (χ3v) is 3.45. The molecule has 0 amide bonds. The Morgan fingerprint density at radius 2 is 1.45 bits per heavy atom. The van der Waals surface area contributed by atoms with E-state index in [0.717, 1.165) is 45.3 Å². The van der Waals surface area contributed by atoms with Crippen LogP contribution in [0.15, 0.2) is 0 Å². The van der Waals surface area contributed by atoms with Gasteiger partial charge < -0.3 is 29.5 Å². The van der Waals surface area contributed by atoms with Crippen molar-refractivity contribution in [1.29, 1.82) is 0 Å². The molecule has 0 aliphatic carbocycles. The Morgan fingerprint density at radius 3 is 1.86 bits per heavy atom. The maximum absolute atomic E-state index is 10.5. The average Bonchev–Trinajstić information content (AvgIpc) is 3.11. The molecule has 1 atom stereocenters. The summed E-state index contributed by atoms with van der Waals surface area (Å²) in [6.45, 7) is 6.54. The van der Waals surface area contributed by atoms with Crippen LogP contribution in [0.5, 0.6) is 0 Å². The van der Waals surface area contributed by atoms with Crippen molar-refractivity contribution in [2.75, 3.05) is 26.4 Å². The Hall–Kier alpha value is -0.530. The van der Waals surface area contributed by atoms with E-state index in [1.807, 2.05) is 6.92 Å². The van der Waals surface area contributed by atoms with Gasteiger partial charge in [0, 0.05) is 12.5 Å². The number of nitrogens with two attached hydrogens (primary N) is 1. The quantitative estimate of drug-likeness (QED) is 0.737. The highest BCUT2D eigenvalue weighted by Gasteiger charge is 2.15. The summed E-state index contributed by atoms with van der Waals surface area (Å²) in [6, 6.07) is 0.302. The topological polar surface area (TPSA) is 80.0 Å². The molecule has 0 unspecified atom stereocenters. The third kappa shape index (κ3) is 10.2. The minimum Gasteiger partial charge on any atom is -0.350 e. The van der Waals surface area contributed by atoms with Crippen molar-refractivity contribution < 1.29 is 23.7 Å². The second-order valence-electron chi connectivity index (χ2n) is 5.84. The molecule has 0 saturated carbocycles. The number of ketones is 1. The van der Waals surface area contributed by atoms with Crippen LogP contribution in [0.25, 0.3) is 0 Å². The standard InChI is InChI=1S/C8H17NO2.C8H14O3/c2*1-7(9)3-2-4-8-10-5-6-11-8/h7-8H,2-6,9H2,1H3;8H,2-6H2,1H3/t7-;/m1./s1. The van der Waals surface area contributed by atoms with Gasteiger partial charge in [0.25, 0.3) is 0 Å². The van der Waals surface area contributed by atoms with Gasteiger partial charge in [0.15, 0.2) is 12.6 Å². The van der Waals surface area contributed by atoms with Gasteiger partial charge in [-0.05, 0) is 46.0 Å². The summed E-state index contributed by atoms with van der Waals surface area (Å²) < 4.78 is 20.9. The zero-order valence-corrected chi connectivity index (χ0v) is 13.9. The van der Waals surface area contributed by atoms with E-state index in [1.165, 1.54) is 0 Å². The van der Waals surface area contributed by atoms with E-state index in [9.17, 15) is 4.79 Å².